The molecule has 0 aliphatic heterocycles. The van der Waals surface area contributed by atoms with Gasteiger partial charge in [-0.3, -0.25) is 0 Å². The maximum Gasteiger partial charge on any atom is 0.0991 e. The van der Waals surface area contributed by atoms with E-state index in [1.807, 2.05) is 24.3 Å². The van der Waals surface area contributed by atoms with Gasteiger partial charge in [0.2, 0.25) is 0 Å². The van der Waals surface area contributed by atoms with Gasteiger partial charge in [0.1, 0.15) is 0 Å². The topological polar surface area (TPSA) is 67.8 Å². The van der Waals surface area contributed by atoms with Gasteiger partial charge in [0, 0.05) is 0 Å². The maximum absolute atomic E-state index is 10.1. The zero-order valence-electron chi connectivity index (χ0n) is 11.0. The van der Waals surface area contributed by atoms with E-state index in [1.54, 1.807) is 24.3 Å². The highest BCUT2D eigenvalue weighted by Gasteiger charge is 2.07. The molecule has 0 atom stereocenters. The molecule has 0 aliphatic carbocycles. The van der Waals surface area contributed by atoms with Crippen LogP contribution in [0.2, 0.25) is 0 Å². The summed E-state index contributed by atoms with van der Waals surface area (Å²) >= 11 is 0. The van der Waals surface area contributed by atoms with Crippen LogP contribution in [0.1, 0.15) is 22.3 Å². The Kier molecular flexibility index (Phi) is 4.50. The summed E-state index contributed by atoms with van der Waals surface area (Å²) in [7, 11) is 0. The summed E-state index contributed by atoms with van der Waals surface area (Å²) in [6, 6.07) is 18.6. The predicted molar refractivity (Wildman–Crippen MR) is 75.7 cm³/mol. The van der Waals surface area contributed by atoms with E-state index in [1.165, 1.54) is 0 Å². The number of benzene rings is 2. The van der Waals surface area contributed by atoms with E-state index in [0.717, 1.165) is 11.1 Å². The summed E-state index contributed by atoms with van der Waals surface area (Å²) in [6.07, 6.45) is 0.619. The average molecular weight is 262 g/mol. The van der Waals surface area contributed by atoms with E-state index >= 15 is 0 Å². The molecule has 0 saturated heterocycles. The number of hydrogen-bond acceptors (Lipinski definition) is 3. The van der Waals surface area contributed by atoms with Crippen molar-refractivity contribution in [3.63, 3.8) is 0 Å². The van der Waals surface area contributed by atoms with Gasteiger partial charge in [0.15, 0.2) is 0 Å². The van der Waals surface area contributed by atoms with Crippen molar-refractivity contribution >= 4 is 0 Å². The highest BCUT2D eigenvalue weighted by molar-refractivity contribution is 5.33. The fourth-order valence-electron chi connectivity index (χ4n) is 2.05. The summed E-state index contributed by atoms with van der Waals surface area (Å²) < 4.78 is 0. The van der Waals surface area contributed by atoms with E-state index in [2.05, 4.69) is 12.1 Å². The van der Waals surface area contributed by atoms with E-state index < -0.39 is 6.10 Å². The second-order valence-corrected chi connectivity index (χ2v) is 4.68. The fourth-order valence-corrected chi connectivity index (χ4v) is 2.05. The average Bonchev–Trinajstić information content (AvgIpc) is 2.49. The van der Waals surface area contributed by atoms with Crippen LogP contribution in [0.3, 0.4) is 0 Å². The molecule has 0 amide bonds. The minimum absolute atomic E-state index is 0.476. The first-order chi connectivity index (χ1) is 9.71. The molecular weight excluding hydrogens is 248 g/mol. The van der Waals surface area contributed by atoms with Crippen LogP contribution in [0.25, 0.3) is 0 Å². The lowest BCUT2D eigenvalue weighted by molar-refractivity contribution is 0.175. The Hall–Kier alpha value is -2.62. The quantitative estimate of drug-likeness (QED) is 0.920. The lowest BCUT2D eigenvalue weighted by Crippen LogP contribution is -2.13. The number of aliphatic hydroxyl groups excluding tert-OH is 1. The Labute approximate surface area is 118 Å². The highest BCUT2D eigenvalue weighted by Crippen LogP contribution is 2.11. The predicted octanol–water partition coefficient (Wildman–Crippen LogP) is 2.58. The van der Waals surface area contributed by atoms with E-state index in [0.29, 0.717) is 24.0 Å². The fraction of sp³-hybridized carbons (Fsp3) is 0.176. The Bertz CT molecular complexity index is 586. The van der Waals surface area contributed by atoms with Gasteiger partial charge in [0.05, 0.1) is 29.4 Å². The smallest absolute Gasteiger partial charge is 0.0991 e. The van der Waals surface area contributed by atoms with Crippen molar-refractivity contribution in [3.8, 4) is 12.1 Å². The number of nitrogens with zero attached hydrogens (tertiary/aromatic N) is 2. The summed E-state index contributed by atoms with van der Waals surface area (Å²) in [4.78, 5) is 0. The molecule has 0 aliphatic rings. The molecule has 3 heteroatoms. The largest absolute Gasteiger partial charge is 0.392 e. The van der Waals surface area contributed by atoms with Gasteiger partial charge in [-0.2, -0.15) is 10.5 Å². The van der Waals surface area contributed by atoms with Crippen LogP contribution < -0.4 is 0 Å². The first-order valence-corrected chi connectivity index (χ1v) is 6.37. The maximum atomic E-state index is 10.1. The third kappa shape index (κ3) is 3.68. The van der Waals surface area contributed by atoms with E-state index in [-0.39, 0.29) is 0 Å². The monoisotopic (exact) mass is 262 g/mol. The third-order valence-electron chi connectivity index (χ3n) is 3.11. The van der Waals surface area contributed by atoms with Crippen molar-refractivity contribution in [2.24, 2.45) is 0 Å². The van der Waals surface area contributed by atoms with Crippen molar-refractivity contribution < 1.29 is 5.11 Å². The molecular formula is C17H14N2O. The highest BCUT2D eigenvalue weighted by atomic mass is 16.3. The molecule has 1 N–H and O–H groups in total. The first kappa shape index (κ1) is 13.8. The Balaban J connectivity index is 1.95. The van der Waals surface area contributed by atoms with Crippen LogP contribution in [-0.2, 0) is 12.8 Å². The molecule has 2 aromatic rings. The lowest BCUT2D eigenvalue weighted by atomic mass is 10.00. The molecule has 0 fully saturated rings. The van der Waals surface area contributed by atoms with Crippen LogP contribution >= 0.6 is 0 Å². The van der Waals surface area contributed by atoms with Crippen LogP contribution in [0.4, 0.5) is 0 Å². The second-order valence-electron chi connectivity index (χ2n) is 4.68. The van der Waals surface area contributed by atoms with Crippen LogP contribution in [0, 0.1) is 22.7 Å². The van der Waals surface area contributed by atoms with Gasteiger partial charge in [-0.05, 0) is 48.2 Å². The van der Waals surface area contributed by atoms with Crippen molar-refractivity contribution in [3.05, 3.63) is 70.8 Å². The van der Waals surface area contributed by atoms with E-state index in [9.17, 15) is 5.11 Å². The summed E-state index contributed by atoms with van der Waals surface area (Å²) in [6.45, 7) is 0. The van der Waals surface area contributed by atoms with Gasteiger partial charge in [-0.25, -0.2) is 0 Å². The molecule has 20 heavy (non-hydrogen) atoms. The zero-order chi connectivity index (χ0) is 14.4. The van der Waals surface area contributed by atoms with Crippen molar-refractivity contribution in [2.45, 2.75) is 18.9 Å². The number of hydrogen-bond donors (Lipinski definition) is 1. The molecule has 2 rings (SSSR count). The summed E-state index contributed by atoms with van der Waals surface area (Å²) in [5, 5.41) is 27.5. The van der Waals surface area contributed by atoms with E-state index in [4.69, 9.17) is 10.5 Å². The molecule has 2 aromatic carbocycles. The molecule has 98 valence electrons. The molecule has 0 saturated carbocycles. The van der Waals surface area contributed by atoms with Crippen molar-refractivity contribution in [1.82, 2.24) is 0 Å². The molecule has 0 bridgehead atoms. The van der Waals surface area contributed by atoms with Gasteiger partial charge in [-0.15, -0.1) is 0 Å². The number of aliphatic hydroxyl groups is 1. The van der Waals surface area contributed by atoms with Gasteiger partial charge in [0.25, 0.3) is 0 Å². The van der Waals surface area contributed by atoms with Crippen molar-refractivity contribution in [1.29, 1.82) is 10.5 Å². The van der Waals surface area contributed by atoms with Gasteiger partial charge in [-0.1, -0.05) is 24.3 Å². The van der Waals surface area contributed by atoms with Crippen molar-refractivity contribution in [2.75, 3.05) is 0 Å². The second kappa shape index (κ2) is 6.52. The number of rotatable bonds is 4. The molecule has 0 aromatic heterocycles. The molecule has 0 spiro atoms. The van der Waals surface area contributed by atoms with Crippen LogP contribution in [0.15, 0.2) is 48.5 Å². The number of nitriles is 2. The standard InChI is InChI=1S/C17H14N2O/c18-11-15-5-1-13(2-6-15)9-17(20)10-14-3-7-16(12-19)8-4-14/h1-8,17,20H,9-10H2. The molecule has 0 heterocycles. The van der Waals surface area contributed by atoms with Gasteiger partial charge >= 0.3 is 0 Å². The normalized spacial score (nSPS) is 10.0. The minimum Gasteiger partial charge on any atom is -0.392 e. The molecule has 0 radical (unpaired) electrons. The SMILES string of the molecule is N#Cc1ccc(CC(O)Cc2ccc(C#N)cc2)cc1. The lowest BCUT2D eigenvalue weighted by Gasteiger charge is -2.11. The van der Waals surface area contributed by atoms with Gasteiger partial charge < -0.3 is 5.11 Å². The third-order valence-corrected chi connectivity index (χ3v) is 3.11. The Morgan fingerprint density at radius 3 is 1.40 bits per heavy atom. The Morgan fingerprint density at radius 1 is 0.750 bits per heavy atom. The molecule has 0 unspecified atom stereocenters. The zero-order valence-corrected chi connectivity index (χ0v) is 11.0. The van der Waals surface area contributed by atoms with Crippen LogP contribution in [0.5, 0.6) is 0 Å². The Morgan fingerprint density at radius 2 is 1.10 bits per heavy atom. The molecule has 3 nitrogen and oxygen atoms in total. The first-order valence-electron chi connectivity index (χ1n) is 6.37. The van der Waals surface area contributed by atoms with Crippen LogP contribution in [-0.4, -0.2) is 11.2 Å². The summed E-state index contributed by atoms with van der Waals surface area (Å²) in [5.74, 6) is 0. The summed E-state index contributed by atoms with van der Waals surface area (Å²) in [5.41, 5.74) is 3.25. The minimum atomic E-state index is -0.476.